The maximum atomic E-state index is 5.44. The number of rotatable bonds is 8. The van der Waals surface area contributed by atoms with E-state index < -0.39 is 0 Å². The summed E-state index contributed by atoms with van der Waals surface area (Å²) in [6.07, 6.45) is 3.04. The standard InChI is InChI=1S/C23H30N4O/c1-4-28-16-19-8-6-18(7-9-19)14-27-23(24-3)25-12-11-20-15-26-22-13-17(2)5-10-21(20)22/h5-10,13,15,26H,4,11-12,14,16H2,1-3H3,(H2,24,25,27). The first-order valence-electron chi connectivity index (χ1n) is 9.86. The van der Waals surface area contributed by atoms with Gasteiger partial charge in [0, 0.05) is 43.8 Å². The molecule has 0 saturated carbocycles. The van der Waals surface area contributed by atoms with Gasteiger partial charge in [0.05, 0.1) is 6.61 Å². The molecular formula is C23H30N4O. The zero-order chi connectivity index (χ0) is 19.8. The second kappa shape index (κ2) is 9.95. The minimum atomic E-state index is 0.667. The van der Waals surface area contributed by atoms with E-state index >= 15 is 0 Å². The second-order valence-corrected chi connectivity index (χ2v) is 6.92. The molecule has 5 heteroatoms. The average Bonchev–Trinajstić information content (AvgIpc) is 3.11. The van der Waals surface area contributed by atoms with Crippen molar-refractivity contribution in [2.75, 3.05) is 20.2 Å². The summed E-state index contributed by atoms with van der Waals surface area (Å²) >= 11 is 0. The highest BCUT2D eigenvalue weighted by Crippen LogP contribution is 2.19. The highest BCUT2D eigenvalue weighted by atomic mass is 16.5. The number of hydrogen-bond acceptors (Lipinski definition) is 2. The zero-order valence-corrected chi connectivity index (χ0v) is 17.0. The van der Waals surface area contributed by atoms with E-state index in [0.29, 0.717) is 6.61 Å². The van der Waals surface area contributed by atoms with E-state index in [1.165, 1.54) is 33.2 Å². The topological polar surface area (TPSA) is 61.4 Å². The third kappa shape index (κ3) is 5.36. The lowest BCUT2D eigenvalue weighted by Crippen LogP contribution is -2.37. The zero-order valence-electron chi connectivity index (χ0n) is 17.0. The fourth-order valence-electron chi connectivity index (χ4n) is 3.20. The van der Waals surface area contributed by atoms with Crippen LogP contribution in [-0.2, 0) is 24.3 Å². The van der Waals surface area contributed by atoms with Crippen LogP contribution in [0.15, 0.2) is 53.7 Å². The Bertz CT molecular complexity index is 912. The van der Waals surface area contributed by atoms with Crippen molar-refractivity contribution >= 4 is 16.9 Å². The number of nitrogens with one attached hydrogen (secondary N) is 3. The van der Waals surface area contributed by atoms with Crippen LogP contribution in [0.1, 0.15) is 29.2 Å². The molecule has 0 unspecified atom stereocenters. The number of aromatic nitrogens is 1. The van der Waals surface area contributed by atoms with Gasteiger partial charge in [-0.25, -0.2) is 0 Å². The number of ether oxygens (including phenoxy) is 1. The van der Waals surface area contributed by atoms with E-state index in [2.05, 4.69) is 76.2 Å². The molecule has 0 saturated heterocycles. The number of aryl methyl sites for hydroxylation is 1. The van der Waals surface area contributed by atoms with Crippen LogP contribution in [0.3, 0.4) is 0 Å². The van der Waals surface area contributed by atoms with Gasteiger partial charge < -0.3 is 20.4 Å². The first kappa shape index (κ1) is 20.0. The van der Waals surface area contributed by atoms with Crippen LogP contribution in [0, 0.1) is 6.92 Å². The summed E-state index contributed by atoms with van der Waals surface area (Å²) in [4.78, 5) is 7.68. The Kier molecular flexibility index (Phi) is 7.09. The van der Waals surface area contributed by atoms with Gasteiger partial charge in [-0.3, -0.25) is 4.99 Å². The molecule has 0 aliphatic heterocycles. The Hall–Kier alpha value is -2.79. The molecule has 0 atom stereocenters. The summed E-state index contributed by atoms with van der Waals surface area (Å²) in [5.41, 5.74) is 6.21. The Morgan fingerprint density at radius 1 is 1.07 bits per heavy atom. The van der Waals surface area contributed by atoms with Gasteiger partial charge in [-0.1, -0.05) is 36.4 Å². The van der Waals surface area contributed by atoms with Gasteiger partial charge in [0.1, 0.15) is 0 Å². The molecule has 1 aromatic heterocycles. The summed E-state index contributed by atoms with van der Waals surface area (Å²) in [7, 11) is 1.80. The fraction of sp³-hybridized carbons (Fsp3) is 0.348. The number of fused-ring (bicyclic) bond motifs is 1. The Balaban J connectivity index is 1.46. The largest absolute Gasteiger partial charge is 0.377 e. The van der Waals surface area contributed by atoms with E-state index in [1.807, 2.05) is 6.92 Å². The SMILES string of the molecule is CCOCc1ccc(CNC(=NC)NCCc2c[nH]c3cc(C)ccc23)cc1. The van der Waals surface area contributed by atoms with E-state index in [1.54, 1.807) is 7.05 Å². The monoisotopic (exact) mass is 378 g/mol. The number of aliphatic imine (C=N–C) groups is 1. The van der Waals surface area contributed by atoms with Crippen LogP contribution in [0.25, 0.3) is 10.9 Å². The molecule has 3 rings (SSSR count). The van der Waals surface area contributed by atoms with E-state index in [4.69, 9.17) is 4.74 Å². The number of aromatic amines is 1. The number of nitrogens with zero attached hydrogens (tertiary/aromatic N) is 1. The van der Waals surface area contributed by atoms with Gasteiger partial charge in [-0.15, -0.1) is 0 Å². The van der Waals surface area contributed by atoms with Gasteiger partial charge >= 0.3 is 0 Å². The van der Waals surface area contributed by atoms with Crippen LogP contribution < -0.4 is 10.6 Å². The molecule has 0 bridgehead atoms. The maximum Gasteiger partial charge on any atom is 0.191 e. The molecule has 148 valence electrons. The molecule has 0 spiro atoms. The molecule has 0 aliphatic carbocycles. The first-order chi connectivity index (χ1) is 13.7. The number of hydrogen-bond donors (Lipinski definition) is 3. The van der Waals surface area contributed by atoms with Gasteiger partial charge in [-0.2, -0.15) is 0 Å². The molecular weight excluding hydrogens is 348 g/mol. The quantitative estimate of drug-likeness (QED) is 0.411. The van der Waals surface area contributed by atoms with E-state index in [9.17, 15) is 0 Å². The van der Waals surface area contributed by atoms with E-state index in [-0.39, 0.29) is 0 Å². The van der Waals surface area contributed by atoms with Crippen molar-refractivity contribution in [1.82, 2.24) is 15.6 Å². The Morgan fingerprint density at radius 2 is 1.86 bits per heavy atom. The molecule has 0 amide bonds. The normalized spacial score (nSPS) is 11.8. The first-order valence-corrected chi connectivity index (χ1v) is 9.86. The highest BCUT2D eigenvalue weighted by Gasteiger charge is 2.05. The van der Waals surface area contributed by atoms with Crippen LogP contribution >= 0.6 is 0 Å². The summed E-state index contributed by atoms with van der Waals surface area (Å²) in [5.74, 6) is 0.814. The Labute approximate surface area is 167 Å². The molecule has 0 aliphatic rings. The lowest BCUT2D eigenvalue weighted by Gasteiger charge is -2.12. The fourth-order valence-corrected chi connectivity index (χ4v) is 3.20. The molecule has 5 nitrogen and oxygen atoms in total. The van der Waals surface area contributed by atoms with E-state index in [0.717, 1.165) is 32.1 Å². The predicted octanol–water partition coefficient (Wildman–Crippen LogP) is 3.92. The van der Waals surface area contributed by atoms with Gasteiger partial charge in [0.2, 0.25) is 0 Å². The van der Waals surface area contributed by atoms with Gasteiger partial charge in [0.25, 0.3) is 0 Å². The van der Waals surface area contributed by atoms with Crippen LogP contribution in [0.2, 0.25) is 0 Å². The third-order valence-electron chi connectivity index (χ3n) is 4.79. The summed E-state index contributed by atoms with van der Waals surface area (Å²) in [6.45, 7) is 7.10. The Morgan fingerprint density at radius 3 is 2.61 bits per heavy atom. The molecule has 0 fully saturated rings. The molecule has 28 heavy (non-hydrogen) atoms. The molecule has 2 aromatic carbocycles. The summed E-state index contributed by atoms with van der Waals surface area (Å²) in [6, 6.07) is 15.0. The summed E-state index contributed by atoms with van der Waals surface area (Å²) < 4.78 is 5.44. The second-order valence-electron chi connectivity index (χ2n) is 6.92. The third-order valence-corrected chi connectivity index (χ3v) is 4.79. The maximum absolute atomic E-state index is 5.44. The molecule has 0 radical (unpaired) electrons. The van der Waals surface area contributed by atoms with Crippen molar-refractivity contribution in [3.63, 3.8) is 0 Å². The smallest absolute Gasteiger partial charge is 0.191 e. The molecule has 3 aromatic rings. The van der Waals surface area contributed by atoms with Crippen LogP contribution in [-0.4, -0.2) is 31.1 Å². The molecule has 1 heterocycles. The van der Waals surface area contributed by atoms with Gasteiger partial charge in [0.15, 0.2) is 5.96 Å². The van der Waals surface area contributed by atoms with Crippen molar-refractivity contribution < 1.29 is 4.74 Å². The lowest BCUT2D eigenvalue weighted by atomic mass is 10.1. The number of guanidine groups is 1. The predicted molar refractivity (Wildman–Crippen MR) is 117 cm³/mol. The molecule has 3 N–H and O–H groups in total. The van der Waals surface area contributed by atoms with Crippen molar-refractivity contribution in [3.05, 3.63) is 70.9 Å². The van der Waals surface area contributed by atoms with Crippen LogP contribution in [0.5, 0.6) is 0 Å². The van der Waals surface area contributed by atoms with Crippen molar-refractivity contribution in [1.29, 1.82) is 0 Å². The van der Waals surface area contributed by atoms with Crippen LogP contribution in [0.4, 0.5) is 0 Å². The average molecular weight is 379 g/mol. The van der Waals surface area contributed by atoms with Gasteiger partial charge in [-0.05, 0) is 48.6 Å². The van der Waals surface area contributed by atoms with Crippen molar-refractivity contribution in [2.24, 2.45) is 4.99 Å². The minimum Gasteiger partial charge on any atom is -0.377 e. The van der Waals surface area contributed by atoms with Crippen molar-refractivity contribution in [3.8, 4) is 0 Å². The number of H-pyrrole nitrogens is 1. The van der Waals surface area contributed by atoms with Crippen molar-refractivity contribution in [2.45, 2.75) is 33.4 Å². The summed E-state index contributed by atoms with van der Waals surface area (Å²) in [5, 5.41) is 8.07. The number of benzene rings is 2. The minimum absolute atomic E-state index is 0.667. The highest BCUT2D eigenvalue weighted by molar-refractivity contribution is 5.84. The lowest BCUT2D eigenvalue weighted by molar-refractivity contribution is 0.134.